The van der Waals surface area contributed by atoms with Crippen LogP contribution in [0.2, 0.25) is 5.02 Å². The van der Waals surface area contributed by atoms with Crippen LogP contribution in [0, 0.1) is 11.8 Å². The van der Waals surface area contributed by atoms with Crippen LogP contribution in [0.5, 0.6) is 0 Å². The van der Waals surface area contributed by atoms with Gasteiger partial charge >= 0.3 is 12.3 Å². The average Bonchev–Trinajstić information content (AvgIpc) is 2.43. The highest BCUT2D eigenvalue weighted by atomic mass is 35.5. The van der Waals surface area contributed by atoms with E-state index in [1.807, 2.05) is 5.92 Å². The van der Waals surface area contributed by atoms with Gasteiger partial charge in [-0.2, -0.15) is 13.2 Å². The van der Waals surface area contributed by atoms with Crippen LogP contribution in [0.4, 0.5) is 23.7 Å². The second kappa shape index (κ2) is 5.90. The molecule has 0 radical (unpaired) electrons. The Balaban J connectivity index is 2.71. The van der Waals surface area contributed by atoms with Crippen LogP contribution in [0.1, 0.15) is 18.9 Å². The van der Waals surface area contributed by atoms with E-state index in [1.165, 1.54) is 12.1 Å². The predicted octanol–water partition coefficient (Wildman–Crippen LogP) is 4.68. The minimum absolute atomic E-state index is 0.0603. The van der Waals surface area contributed by atoms with Gasteiger partial charge in [-0.3, -0.25) is 5.32 Å². The Labute approximate surface area is 134 Å². The van der Waals surface area contributed by atoms with Crippen molar-refractivity contribution in [1.29, 1.82) is 0 Å². The standard InChI is InChI=1S/C14H10Cl2F3NO2/c1-2-8(15)5-6-13(14(17,18)19)10-7-9(16)3-4-11(10)20-12(21)22-13/h3-4,7-8H,2H2,1H3,(H,20,21)/t8?,13-/m0/s1. The smallest absolute Gasteiger partial charge is 0.415 e. The summed E-state index contributed by atoms with van der Waals surface area (Å²) in [5.41, 5.74) is -3.54. The summed E-state index contributed by atoms with van der Waals surface area (Å²) in [5.74, 6) is 4.27. The van der Waals surface area contributed by atoms with E-state index in [-0.39, 0.29) is 16.3 Å². The normalized spacial score (nSPS) is 21.8. The van der Waals surface area contributed by atoms with Crippen LogP contribution in [-0.4, -0.2) is 17.6 Å². The van der Waals surface area contributed by atoms with Gasteiger partial charge in [-0.05, 0) is 30.5 Å². The molecule has 1 amide bonds. The van der Waals surface area contributed by atoms with Gasteiger partial charge in [0.2, 0.25) is 0 Å². The van der Waals surface area contributed by atoms with Crippen molar-refractivity contribution in [2.75, 3.05) is 5.32 Å². The fourth-order valence-corrected chi connectivity index (χ4v) is 2.13. The number of halogens is 5. The third-order valence-corrected chi connectivity index (χ3v) is 3.66. The highest BCUT2D eigenvalue weighted by Crippen LogP contribution is 2.47. The lowest BCUT2D eigenvalue weighted by Crippen LogP contribution is -2.49. The number of ether oxygens (including phenoxy) is 1. The van der Waals surface area contributed by atoms with Crippen molar-refractivity contribution in [2.24, 2.45) is 0 Å². The lowest BCUT2D eigenvalue weighted by atomic mass is 9.90. The van der Waals surface area contributed by atoms with Gasteiger partial charge in [-0.15, -0.1) is 11.6 Å². The molecule has 0 fully saturated rings. The number of amides is 1. The lowest BCUT2D eigenvalue weighted by Gasteiger charge is -2.35. The maximum absolute atomic E-state index is 13.6. The van der Waals surface area contributed by atoms with E-state index in [0.717, 1.165) is 6.07 Å². The third kappa shape index (κ3) is 2.96. The molecule has 1 aliphatic heterocycles. The number of fused-ring (bicyclic) bond motifs is 1. The molecule has 0 aromatic heterocycles. The molecule has 2 rings (SSSR count). The monoisotopic (exact) mass is 351 g/mol. The maximum atomic E-state index is 13.6. The number of anilines is 1. The number of rotatable bonds is 1. The van der Waals surface area contributed by atoms with Crippen molar-refractivity contribution in [3.05, 3.63) is 28.8 Å². The highest BCUT2D eigenvalue weighted by molar-refractivity contribution is 6.30. The molecule has 3 nitrogen and oxygen atoms in total. The Hall–Kier alpha value is -1.58. The van der Waals surface area contributed by atoms with Crippen LogP contribution in [0.15, 0.2) is 18.2 Å². The summed E-state index contributed by atoms with van der Waals surface area (Å²) in [6, 6.07) is 3.68. The van der Waals surface area contributed by atoms with Gasteiger partial charge in [0.25, 0.3) is 5.60 Å². The van der Waals surface area contributed by atoms with E-state index < -0.39 is 23.2 Å². The van der Waals surface area contributed by atoms with Crippen LogP contribution in [0.25, 0.3) is 0 Å². The van der Waals surface area contributed by atoms with Crippen molar-refractivity contribution in [2.45, 2.75) is 30.5 Å². The molecule has 0 spiro atoms. The molecule has 1 aliphatic rings. The summed E-state index contributed by atoms with van der Waals surface area (Å²) < 4.78 is 45.5. The maximum Gasteiger partial charge on any atom is 0.445 e. The Kier molecular flexibility index (Phi) is 4.50. The first-order valence-electron chi connectivity index (χ1n) is 6.23. The molecular weight excluding hydrogens is 342 g/mol. The number of carbonyl (C=O) groups is 1. The fourth-order valence-electron chi connectivity index (χ4n) is 1.90. The van der Waals surface area contributed by atoms with Crippen LogP contribution >= 0.6 is 23.2 Å². The van der Waals surface area contributed by atoms with E-state index in [0.29, 0.717) is 6.42 Å². The van der Waals surface area contributed by atoms with Gasteiger partial charge < -0.3 is 4.74 Å². The molecule has 118 valence electrons. The molecule has 1 unspecified atom stereocenters. The van der Waals surface area contributed by atoms with Crippen LogP contribution in [-0.2, 0) is 10.3 Å². The van der Waals surface area contributed by atoms with Crippen LogP contribution in [0.3, 0.4) is 0 Å². The number of benzene rings is 1. The highest BCUT2D eigenvalue weighted by Gasteiger charge is 2.62. The van der Waals surface area contributed by atoms with E-state index in [9.17, 15) is 18.0 Å². The van der Waals surface area contributed by atoms with Crippen molar-refractivity contribution in [1.82, 2.24) is 0 Å². The van der Waals surface area contributed by atoms with Crippen molar-refractivity contribution in [3.63, 3.8) is 0 Å². The number of nitrogens with one attached hydrogen (secondary N) is 1. The average molecular weight is 352 g/mol. The zero-order valence-electron chi connectivity index (χ0n) is 11.2. The molecule has 0 aliphatic carbocycles. The molecule has 0 bridgehead atoms. The van der Waals surface area contributed by atoms with E-state index >= 15 is 0 Å². The second-order valence-electron chi connectivity index (χ2n) is 4.53. The Bertz CT molecular complexity index is 666. The van der Waals surface area contributed by atoms with Crippen molar-refractivity contribution in [3.8, 4) is 11.8 Å². The van der Waals surface area contributed by atoms with Gasteiger partial charge in [-0.1, -0.05) is 24.4 Å². The molecule has 1 aromatic carbocycles. The minimum Gasteiger partial charge on any atom is -0.415 e. The predicted molar refractivity (Wildman–Crippen MR) is 77.0 cm³/mol. The minimum atomic E-state index is -4.96. The van der Waals surface area contributed by atoms with Gasteiger partial charge in [0.05, 0.1) is 11.1 Å². The summed E-state index contributed by atoms with van der Waals surface area (Å²) in [4.78, 5) is 11.5. The molecule has 0 saturated heterocycles. The Morgan fingerprint density at radius 1 is 1.45 bits per heavy atom. The first-order chi connectivity index (χ1) is 10.2. The largest absolute Gasteiger partial charge is 0.445 e. The molecule has 2 atom stereocenters. The molecule has 1 heterocycles. The molecule has 22 heavy (non-hydrogen) atoms. The van der Waals surface area contributed by atoms with Crippen LogP contribution < -0.4 is 5.32 Å². The third-order valence-electron chi connectivity index (χ3n) is 3.01. The van der Waals surface area contributed by atoms with Gasteiger partial charge in [0.15, 0.2) is 0 Å². The number of hydrogen-bond donors (Lipinski definition) is 1. The number of alkyl halides is 4. The zero-order chi connectivity index (χ0) is 16.5. The second-order valence-corrected chi connectivity index (χ2v) is 5.49. The molecular formula is C14H10Cl2F3NO2. The Morgan fingerprint density at radius 2 is 2.14 bits per heavy atom. The quantitative estimate of drug-likeness (QED) is 0.589. The summed E-state index contributed by atoms with van der Waals surface area (Å²) in [5, 5.41) is 1.46. The van der Waals surface area contributed by atoms with E-state index in [4.69, 9.17) is 23.2 Å². The summed E-state index contributed by atoms with van der Waals surface area (Å²) >= 11 is 11.5. The molecule has 8 heteroatoms. The van der Waals surface area contributed by atoms with Gasteiger partial charge in [0, 0.05) is 10.6 Å². The summed E-state index contributed by atoms with van der Waals surface area (Å²) in [6.45, 7) is 1.67. The van der Waals surface area contributed by atoms with E-state index in [1.54, 1.807) is 6.92 Å². The number of carbonyl (C=O) groups excluding carboxylic acids is 1. The molecule has 1 N–H and O–H groups in total. The number of cyclic esters (lactones) is 1. The first-order valence-corrected chi connectivity index (χ1v) is 7.04. The summed E-state index contributed by atoms with van der Waals surface area (Å²) in [6.07, 6.45) is -5.86. The van der Waals surface area contributed by atoms with Crippen molar-refractivity contribution >= 4 is 35.0 Å². The number of hydrogen-bond acceptors (Lipinski definition) is 2. The van der Waals surface area contributed by atoms with Crippen molar-refractivity contribution < 1.29 is 22.7 Å². The SMILES string of the molecule is CCC(Cl)C#C[C@]1(C(F)(F)F)OC(=O)Nc2ccc(Cl)cc21. The van der Waals surface area contributed by atoms with Gasteiger partial charge in [0.1, 0.15) is 0 Å². The fraction of sp³-hybridized carbons (Fsp3) is 0.357. The summed E-state index contributed by atoms with van der Waals surface area (Å²) in [7, 11) is 0. The molecule has 1 aromatic rings. The lowest BCUT2D eigenvalue weighted by molar-refractivity contribution is -0.239. The molecule has 0 saturated carbocycles. The first kappa shape index (κ1) is 16.8. The van der Waals surface area contributed by atoms with E-state index in [2.05, 4.69) is 16.0 Å². The Morgan fingerprint density at radius 3 is 2.73 bits per heavy atom. The topological polar surface area (TPSA) is 38.3 Å². The van der Waals surface area contributed by atoms with Gasteiger partial charge in [-0.25, -0.2) is 4.79 Å². The zero-order valence-corrected chi connectivity index (χ0v) is 12.7.